The zero-order valence-corrected chi connectivity index (χ0v) is 13.0. The van der Waals surface area contributed by atoms with E-state index in [1.165, 1.54) is 12.1 Å². The fraction of sp³-hybridized carbons (Fsp3) is 0.462. The number of carbonyl (C=O) groups is 1. The van der Waals surface area contributed by atoms with Crippen LogP contribution in [-0.2, 0) is 14.6 Å². The van der Waals surface area contributed by atoms with Gasteiger partial charge in [0.15, 0.2) is 0 Å². The normalized spacial score (nSPS) is 13.0. The molecule has 1 rings (SSSR count). The van der Waals surface area contributed by atoms with E-state index in [1.807, 2.05) is 0 Å². The fourth-order valence-corrected chi connectivity index (χ4v) is 2.31. The van der Waals surface area contributed by atoms with E-state index < -0.39 is 26.5 Å². The van der Waals surface area contributed by atoms with E-state index in [2.05, 4.69) is 10.6 Å². The van der Waals surface area contributed by atoms with Crippen LogP contribution in [0.2, 0.25) is 0 Å². The lowest BCUT2D eigenvalue weighted by molar-refractivity contribution is 0.185. The molecule has 1 unspecified atom stereocenters. The summed E-state index contributed by atoms with van der Waals surface area (Å²) in [6.07, 6.45) is 0.634. The molecule has 0 spiro atoms. The van der Waals surface area contributed by atoms with Crippen LogP contribution in [0.1, 0.15) is 13.3 Å². The minimum Gasteiger partial charge on any atom is -0.385 e. The van der Waals surface area contributed by atoms with Crippen molar-refractivity contribution in [3.63, 3.8) is 0 Å². The summed E-state index contributed by atoms with van der Waals surface area (Å²) in [7, 11) is -3.07. The van der Waals surface area contributed by atoms with Crippen molar-refractivity contribution >= 4 is 21.6 Å². The van der Waals surface area contributed by atoms with Gasteiger partial charge in [-0.25, -0.2) is 13.2 Å². The molecule has 1 aromatic rings. The van der Waals surface area contributed by atoms with E-state index in [9.17, 15) is 22.0 Å². The maximum Gasteiger partial charge on any atom is 0.341 e. The molecule has 0 saturated heterocycles. The summed E-state index contributed by atoms with van der Waals surface area (Å²) in [5.74, 6) is -3.48. The van der Waals surface area contributed by atoms with Crippen molar-refractivity contribution in [1.29, 1.82) is 0 Å². The van der Waals surface area contributed by atoms with Crippen molar-refractivity contribution in [2.75, 3.05) is 19.0 Å². The molecule has 0 bridgehead atoms. The Hall–Kier alpha value is -1.74. The molecule has 0 heterocycles. The van der Waals surface area contributed by atoms with Crippen molar-refractivity contribution in [1.82, 2.24) is 5.32 Å². The Morgan fingerprint density at radius 1 is 1.27 bits per heavy atom. The molecule has 0 saturated carbocycles. The first-order valence-electron chi connectivity index (χ1n) is 6.46. The van der Waals surface area contributed by atoms with Gasteiger partial charge in [-0.15, -0.1) is 0 Å². The Morgan fingerprint density at radius 3 is 2.36 bits per heavy atom. The van der Waals surface area contributed by atoms with Crippen molar-refractivity contribution in [3.05, 3.63) is 24.3 Å². The van der Waals surface area contributed by atoms with Crippen LogP contribution in [0.5, 0.6) is 0 Å². The number of nitrogens with one attached hydrogen (secondary N) is 2. The number of urea groups is 1. The summed E-state index contributed by atoms with van der Waals surface area (Å²) in [4.78, 5) is 11.2. The topological polar surface area (TPSA) is 84.5 Å². The van der Waals surface area contributed by atoms with Crippen LogP contribution in [0, 0.1) is 0 Å². The predicted molar refractivity (Wildman–Crippen MR) is 77.7 cm³/mol. The van der Waals surface area contributed by atoms with Gasteiger partial charge in [0, 0.05) is 25.4 Å². The molecule has 1 atom stereocenters. The molecule has 1 aromatic carbocycles. The highest BCUT2D eigenvalue weighted by atomic mass is 32.2. The van der Waals surface area contributed by atoms with Gasteiger partial charge in [-0.1, -0.05) is 0 Å². The number of alkyl halides is 2. The first-order valence-corrected chi connectivity index (χ1v) is 8.00. The first kappa shape index (κ1) is 18.3. The van der Waals surface area contributed by atoms with Crippen LogP contribution >= 0.6 is 0 Å². The summed E-state index contributed by atoms with van der Waals surface area (Å²) in [5.41, 5.74) is 0.296. The van der Waals surface area contributed by atoms with Gasteiger partial charge in [0.1, 0.15) is 0 Å². The van der Waals surface area contributed by atoms with Crippen molar-refractivity contribution < 1.29 is 26.7 Å². The van der Waals surface area contributed by atoms with Crippen LogP contribution in [0.15, 0.2) is 29.2 Å². The number of sulfone groups is 1. The van der Waals surface area contributed by atoms with Gasteiger partial charge >= 0.3 is 11.8 Å². The molecule has 0 radical (unpaired) electrons. The standard InChI is InChI=1S/C13H18F2N2O4S/c1-9(7-8-21-2)16-13(18)17-10-3-5-11(6-4-10)22(19,20)12(14)15/h3-6,9,12H,7-8H2,1-2H3,(H2,16,17,18). The van der Waals surface area contributed by atoms with Gasteiger partial charge in [0.2, 0.25) is 9.84 Å². The zero-order valence-electron chi connectivity index (χ0n) is 12.2. The Bertz CT molecular complexity index is 591. The number of rotatable bonds is 7. The summed E-state index contributed by atoms with van der Waals surface area (Å²) < 4.78 is 52.1. The second-order valence-electron chi connectivity index (χ2n) is 4.61. The Morgan fingerprint density at radius 2 is 1.86 bits per heavy atom. The lowest BCUT2D eigenvalue weighted by Crippen LogP contribution is -2.36. The lowest BCUT2D eigenvalue weighted by atomic mass is 10.2. The number of halogens is 2. The number of benzene rings is 1. The highest BCUT2D eigenvalue weighted by Crippen LogP contribution is 2.20. The molecule has 22 heavy (non-hydrogen) atoms. The average molecular weight is 336 g/mol. The van der Waals surface area contributed by atoms with E-state index in [-0.39, 0.29) is 6.04 Å². The van der Waals surface area contributed by atoms with E-state index >= 15 is 0 Å². The molecule has 6 nitrogen and oxygen atoms in total. The van der Waals surface area contributed by atoms with Crippen molar-refractivity contribution in [2.45, 2.75) is 30.0 Å². The molecule has 0 aliphatic heterocycles. The SMILES string of the molecule is COCCC(C)NC(=O)Nc1ccc(S(=O)(=O)C(F)F)cc1. The average Bonchev–Trinajstić information content (AvgIpc) is 2.45. The molecule has 9 heteroatoms. The Kier molecular flexibility index (Phi) is 6.69. The summed E-state index contributed by atoms with van der Waals surface area (Å²) in [6.45, 7) is 2.30. The first-order chi connectivity index (χ1) is 10.3. The summed E-state index contributed by atoms with van der Waals surface area (Å²) in [6, 6.07) is 3.94. The van der Waals surface area contributed by atoms with Crippen LogP contribution in [-0.4, -0.2) is 40.0 Å². The Balaban J connectivity index is 2.63. The maximum atomic E-state index is 12.4. The third-order valence-corrected chi connectivity index (χ3v) is 4.21. The van der Waals surface area contributed by atoms with Crippen LogP contribution in [0.4, 0.5) is 19.3 Å². The molecule has 0 aliphatic rings. The van der Waals surface area contributed by atoms with Crippen LogP contribution in [0.3, 0.4) is 0 Å². The number of anilines is 1. The monoisotopic (exact) mass is 336 g/mol. The number of amides is 2. The van der Waals surface area contributed by atoms with Gasteiger partial charge in [0.25, 0.3) is 0 Å². The largest absolute Gasteiger partial charge is 0.385 e. The predicted octanol–water partition coefficient (Wildman–Crippen LogP) is 2.23. The van der Waals surface area contributed by atoms with E-state index in [0.29, 0.717) is 18.7 Å². The van der Waals surface area contributed by atoms with E-state index in [1.54, 1.807) is 14.0 Å². The Labute approximate surface area is 127 Å². The van der Waals surface area contributed by atoms with Crippen LogP contribution in [0.25, 0.3) is 0 Å². The maximum absolute atomic E-state index is 12.4. The second-order valence-corrected chi connectivity index (χ2v) is 6.53. The quantitative estimate of drug-likeness (QED) is 0.800. The fourth-order valence-electron chi connectivity index (χ4n) is 1.59. The minimum absolute atomic E-state index is 0.113. The van der Waals surface area contributed by atoms with Crippen molar-refractivity contribution in [3.8, 4) is 0 Å². The van der Waals surface area contributed by atoms with Gasteiger partial charge in [-0.2, -0.15) is 8.78 Å². The van der Waals surface area contributed by atoms with Crippen molar-refractivity contribution in [2.24, 2.45) is 0 Å². The van der Waals surface area contributed by atoms with E-state index in [4.69, 9.17) is 4.74 Å². The van der Waals surface area contributed by atoms with Crippen LogP contribution < -0.4 is 10.6 Å². The highest BCUT2D eigenvalue weighted by molar-refractivity contribution is 7.91. The molecule has 0 aromatic heterocycles. The molecular weight excluding hydrogens is 318 g/mol. The third kappa shape index (κ3) is 5.23. The number of hydrogen-bond acceptors (Lipinski definition) is 4. The molecule has 2 N–H and O–H groups in total. The lowest BCUT2D eigenvalue weighted by Gasteiger charge is -2.14. The smallest absolute Gasteiger partial charge is 0.341 e. The molecule has 0 fully saturated rings. The van der Waals surface area contributed by atoms with Gasteiger partial charge in [0.05, 0.1) is 4.90 Å². The number of carbonyl (C=O) groups excluding carboxylic acids is 1. The van der Waals surface area contributed by atoms with Gasteiger partial charge in [-0.3, -0.25) is 0 Å². The van der Waals surface area contributed by atoms with Gasteiger partial charge < -0.3 is 15.4 Å². The highest BCUT2D eigenvalue weighted by Gasteiger charge is 2.26. The number of methoxy groups -OCH3 is 1. The van der Waals surface area contributed by atoms with E-state index in [0.717, 1.165) is 12.1 Å². The zero-order chi connectivity index (χ0) is 16.8. The molecule has 124 valence electrons. The second kappa shape index (κ2) is 8.04. The summed E-state index contributed by atoms with van der Waals surface area (Å²) >= 11 is 0. The summed E-state index contributed by atoms with van der Waals surface area (Å²) in [5, 5.41) is 5.14. The number of hydrogen-bond donors (Lipinski definition) is 2. The molecular formula is C13H18F2N2O4S. The third-order valence-electron chi connectivity index (χ3n) is 2.81. The number of ether oxygens (including phenoxy) is 1. The molecule has 2 amide bonds. The van der Waals surface area contributed by atoms with Gasteiger partial charge in [-0.05, 0) is 37.6 Å². The minimum atomic E-state index is -4.63. The molecule has 0 aliphatic carbocycles.